The minimum Gasteiger partial charge on any atom is -0.441 e. The third-order valence-electron chi connectivity index (χ3n) is 3.49. The SMILES string of the molecule is Cc1cnc(-c2cccc(NC(=O)NC(C)C(C)CO)c2)o1. The zero-order valence-electron chi connectivity index (χ0n) is 13.0. The number of nitrogens with zero attached hydrogens (tertiary/aromatic N) is 1. The Balaban J connectivity index is 2.03. The molecule has 0 bridgehead atoms. The molecule has 0 aliphatic rings. The second-order valence-electron chi connectivity index (χ2n) is 5.40. The molecule has 0 aliphatic heterocycles. The van der Waals surface area contributed by atoms with Crippen LogP contribution in [0.1, 0.15) is 19.6 Å². The van der Waals surface area contributed by atoms with Gasteiger partial charge < -0.3 is 20.2 Å². The van der Waals surface area contributed by atoms with Gasteiger partial charge in [0.05, 0.1) is 6.20 Å². The third kappa shape index (κ3) is 4.08. The molecule has 2 atom stereocenters. The number of nitrogens with one attached hydrogen (secondary N) is 2. The van der Waals surface area contributed by atoms with E-state index in [1.165, 1.54) is 0 Å². The van der Waals surface area contributed by atoms with E-state index < -0.39 is 0 Å². The molecule has 6 heteroatoms. The van der Waals surface area contributed by atoms with Crippen LogP contribution in [0.15, 0.2) is 34.9 Å². The lowest BCUT2D eigenvalue weighted by Gasteiger charge is -2.19. The maximum atomic E-state index is 12.0. The summed E-state index contributed by atoms with van der Waals surface area (Å²) in [6, 6.07) is 6.84. The number of amides is 2. The average Bonchev–Trinajstić information content (AvgIpc) is 2.93. The molecule has 0 radical (unpaired) electrons. The minimum atomic E-state index is -0.312. The average molecular weight is 303 g/mol. The zero-order valence-corrected chi connectivity index (χ0v) is 13.0. The van der Waals surface area contributed by atoms with E-state index in [-0.39, 0.29) is 24.6 Å². The maximum Gasteiger partial charge on any atom is 0.319 e. The van der Waals surface area contributed by atoms with Crippen LogP contribution in [0.2, 0.25) is 0 Å². The normalized spacial score (nSPS) is 13.5. The summed E-state index contributed by atoms with van der Waals surface area (Å²) in [5.41, 5.74) is 1.44. The first-order valence-electron chi connectivity index (χ1n) is 7.21. The summed E-state index contributed by atoms with van der Waals surface area (Å²) in [4.78, 5) is 16.1. The Kier molecular flexibility index (Phi) is 5.16. The van der Waals surface area contributed by atoms with Crippen LogP contribution >= 0.6 is 0 Å². The molecule has 0 spiro atoms. The van der Waals surface area contributed by atoms with Gasteiger partial charge in [0.25, 0.3) is 0 Å². The molecule has 1 aromatic heterocycles. The second kappa shape index (κ2) is 7.09. The van der Waals surface area contributed by atoms with Crippen LogP contribution in [0, 0.1) is 12.8 Å². The number of carbonyl (C=O) groups is 1. The van der Waals surface area contributed by atoms with Gasteiger partial charge in [0.1, 0.15) is 5.76 Å². The van der Waals surface area contributed by atoms with Gasteiger partial charge >= 0.3 is 6.03 Å². The van der Waals surface area contributed by atoms with Crippen LogP contribution in [0.25, 0.3) is 11.5 Å². The monoisotopic (exact) mass is 303 g/mol. The van der Waals surface area contributed by atoms with Gasteiger partial charge in [-0.25, -0.2) is 9.78 Å². The van der Waals surface area contributed by atoms with Crippen molar-refractivity contribution in [2.45, 2.75) is 26.8 Å². The van der Waals surface area contributed by atoms with Gasteiger partial charge in [-0.05, 0) is 38.0 Å². The highest BCUT2D eigenvalue weighted by Gasteiger charge is 2.14. The van der Waals surface area contributed by atoms with E-state index in [1.54, 1.807) is 18.3 Å². The van der Waals surface area contributed by atoms with Crippen molar-refractivity contribution in [1.82, 2.24) is 10.3 Å². The van der Waals surface area contributed by atoms with E-state index in [2.05, 4.69) is 15.6 Å². The predicted octanol–water partition coefficient (Wildman–Crippen LogP) is 2.79. The van der Waals surface area contributed by atoms with Gasteiger partial charge in [-0.1, -0.05) is 13.0 Å². The number of oxazole rings is 1. The number of urea groups is 1. The van der Waals surface area contributed by atoms with E-state index in [0.29, 0.717) is 11.6 Å². The standard InChI is InChI=1S/C16H21N3O3/c1-10(9-20)12(3)18-16(21)19-14-6-4-5-13(7-14)15-17-8-11(2)22-15/h4-8,10,12,20H,9H2,1-3H3,(H2,18,19,21). The zero-order chi connectivity index (χ0) is 16.1. The molecule has 1 heterocycles. The Bertz CT molecular complexity index is 639. The predicted molar refractivity (Wildman–Crippen MR) is 84.5 cm³/mol. The minimum absolute atomic E-state index is 0.00706. The number of aliphatic hydroxyl groups is 1. The van der Waals surface area contributed by atoms with E-state index in [4.69, 9.17) is 9.52 Å². The third-order valence-corrected chi connectivity index (χ3v) is 3.49. The number of carbonyl (C=O) groups excluding carboxylic acids is 1. The Morgan fingerprint density at radius 1 is 1.41 bits per heavy atom. The lowest BCUT2D eigenvalue weighted by molar-refractivity contribution is 0.204. The summed E-state index contributed by atoms with van der Waals surface area (Å²) in [6.45, 7) is 5.58. The summed E-state index contributed by atoms with van der Waals surface area (Å²) in [7, 11) is 0. The summed E-state index contributed by atoms with van der Waals surface area (Å²) in [5.74, 6) is 1.24. The summed E-state index contributed by atoms with van der Waals surface area (Å²) in [5, 5.41) is 14.6. The second-order valence-corrected chi connectivity index (χ2v) is 5.40. The molecule has 0 saturated heterocycles. The van der Waals surface area contributed by atoms with Gasteiger partial charge in [0.15, 0.2) is 0 Å². The summed E-state index contributed by atoms with van der Waals surface area (Å²) < 4.78 is 5.47. The number of aliphatic hydroxyl groups excluding tert-OH is 1. The van der Waals surface area contributed by atoms with Gasteiger partial charge in [-0.3, -0.25) is 0 Å². The highest BCUT2D eigenvalue weighted by atomic mass is 16.4. The number of hydrogen-bond donors (Lipinski definition) is 3. The molecule has 2 amide bonds. The smallest absolute Gasteiger partial charge is 0.319 e. The van der Waals surface area contributed by atoms with E-state index >= 15 is 0 Å². The van der Waals surface area contributed by atoms with Crippen molar-refractivity contribution in [2.24, 2.45) is 5.92 Å². The molecule has 0 saturated carbocycles. The van der Waals surface area contributed by atoms with Crippen LogP contribution in [-0.2, 0) is 0 Å². The summed E-state index contributed by atoms with van der Waals surface area (Å²) >= 11 is 0. The highest BCUT2D eigenvalue weighted by molar-refractivity contribution is 5.90. The van der Waals surface area contributed by atoms with Gasteiger partial charge in [-0.15, -0.1) is 0 Å². The number of hydrogen-bond acceptors (Lipinski definition) is 4. The van der Waals surface area contributed by atoms with Crippen molar-refractivity contribution in [2.75, 3.05) is 11.9 Å². The molecular weight excluding hydrogens is 282 g/mol. The Labute approximate surface area is 129 Å². The van der Waals surface area contributed by atoms with E-state index in [9.17, 15) is 4.79 Å². The molecular formula is C16H21N3O3. The van der Waals surface area contributed by atoms with Crippen LogP contribution < -0.4 is 10.6 Å². The van der Waals surface area contributed by atoms with Crippen molar-refractivity contribution in [3.8, 4) is 11.5 Å². The Morgan fingerprint density at radius 2 is 2.18 bits per heavy atom. The van der Waals surface area contributed by atoms with E-state index in [1.807, 2.05) is 32.9 Å². The highest BCUT2D eigenvalue weighted by Crippen LogP contribution is 2.22. The molecule has 2 aromatic rings. The number of aromatic nitrogens is 1. The van der Waals surface area contributed by atoms with Crippen molar-refractivity contribution in [1.29, 1.82) is 0 Å². The molecule has 118 valence electrons. The number of aryl methyl sites for hydroxylation is 1. The van der Waals surface area contributed by atoms with Crippen molar-refractivity contribution in [3.63, 3.8) is 0 Å². The topological polar surface area (TPSA) is 87.4 Å². The van der Waals surface area contributed by atoms with Crippen molar-refractivity contribution < 1.29 is 14.3 Å². The number of anilines is 1. The Morgan fingerprint density at radius 3 is 2.82 bits per heavy atom. The molecule has 6 nitrogen and oxygen atoms in total. The first-order valence-corrected chi connectivity index (χ1v) is 7.21. The van der Waals surface area contributed by atoms with Gasteiger partial charge in [-0.2, -0.15) is 0 Å². The largest absolute Gasteiger partial charge is 0.441 e. The fraction of sp³-hybridized carbons (Fsp3) is 0.375. The van der Waals surface area contributed by atoms with Gasteiger partial charge in [0.2, 0.25) is 5.89 Å². The first-order chi connectivity index (χ1) is 10.5. The molecule has 1 aromatic carbocycles. The molecule has 22 heavy (non-hydrogen) atoms. The fourth-order valence-corrected chi connectivity index (χ4v) is 1.89. The lowest BCUT2D eigenvalue weighted by Crippen LogP contribution is -2.40. The van der Waals surface area contributed by atoms with Gasteiger partial charge in [0, 0.05) is 23.9 Å². The number of rotatable bonds is 5. The molecule has 2 unspecified atom stereocenters. The van der Waals surface area contributed by atoms with Crippen molar-refractivity contribution in [3.05, 3.63) is 36.2 Å². The fourth-order valence-electron chi connectivity index (χ4n) is 1.89. The molecule has 0 aliphatic carbocycles. The van der Waals surface area contributed by atoms with Crippen molar-refractivity contribution >= 4 is 11.7 Å². The molecule has 0 fully saturated rings. The van der Waals surface area contributed by atoms with Crippen LogP contribution in [-0.4, -0.2) is 28.8 Å². The van der Waals surface area contributed by atoms with Crippen LogP contribution in [0.5, 0.6) is 0 Å². The molecule has 2 rings (SSSR count). The lowest BCUT2D eigenvalue weighted by atomic mass is 10.1. The number of benzene rings is 1. The quantitative estimate of drug-likeness (QED) is 0.792. The Hall–Kier alpha value is -2.34. The summed E-state index contributed by atoms with van der Waals surface area (Å²) in [6.07, 6.45) is 1.65. The van der Waals surface area contributed by atoms with Crippen LogP contribution in [0.3, 0.4) is 0 Å². The molecule has 3 N–H and O–H groups in total. The van der Waals surface area contributed by atoms with Crippen LogP contribution in [0.4, 0.5) is 10.5 Å². The van der Waals surface area contributed by atoms with E-state index in [0.717, 1.165) is 11.3 Å². The maximum absolute atomic E-state index is 12.0. The first kappa shape index (κ1) is 16.0.